The number of aromatic nitrogens is 4. The molecule has 1 aliphatic rings. The number of nitrogen functional groups attached to an aromatic ring is 3. The Kier molecular flexibility index (Phi) is 5.36. The van der Waals surface area contributed by atoms with E-state index in [1.54, 1.807) is 6.07 Å². The molecule has 1 radical (unpaired) electrons. The van der Waals surface area contributed by atoms with Gasteiger partial charge >= 0.3 is 0 Å². The van der Waals surface area contributed by atoms with Gasteiger partial charge in [-0.2, -0.15) is 0 Å². The zero-order valence-electron chi connectivity index (χ0n) is 18.4. The second kappa shape index (κ2) is 8.39. The van der Waals surface area contributed by atoms with Gasteiger partial charge in [0, 0.05) is 39.2 Å². The van der Waals surface area contributed by atoms with Gasteiger partial charge in [-0.3, -0.25) is 10.1 Å². The van der Waals surface area contributed by atoms with E-state index in [1.807, 2.05) is 72.8 Å². The number of nitrogens with zero attached hydrogens (tertiary/aromatic N) is 2. The molecule has 5 heterocycles. The van der Waals surface area contributed by atoms with Gasteiger partial charge in [-0.1, -0.05) is 30.3 Å². The predicted molar refractivity (Wildman–Crippen MR) is 139 cm³/mol. The van der Waals surface area contributed by atoms with Gasteiger partial charge < -0.3 is 27.3 Å². The number of benzene rings is 1. The summed E-state index contributed by atoms with van der Waals surface area (Å²) < 4.78 is 1.45. The average Bonchev–Trinajstić information content (AvgIpc) is 3.58. The molecular formula is C26H22CuN8. The van der Waals surface area contributed by atoms with Gasteiger partial charge in [0.05, 0.1) is 33.8 Å². The molecule has 4 aromatic heterocycles. The van der Waals surface area contributed by atoms with E-state index >= 15 is 0 Å². The smallest absolute Gasteiger partial charge is 0.113 e. The average molecular weight is 510 g/mol. The van der Waals surface area contributed by atoms with E-state index < -0.39 is 0 Å². The van der Waals surface area contributed by atoms with Crippen molar-refractivity contribution in [2.75, 3.05) is 17.3 Å². The Balaban J connectivity index is 0.00000253. The van der Waals surface area contributed by atoms with Gasteiger partial charge in [-0.05, 0) is 54.1 Å². The van der Waals surface area contributed by atoms with Crippen LogP contribution in [0.25, 0.3) is 56.4 Å². The van der Waals surface area contributed by atoms with Crippen molar-refractivity contribution >= 4 is 56.6 Å². The summed E-state index contributed by atoms with van der Waals surface area (Å²) in [4.78, 5) is 11.3. The number of hydrogen-bond donors (Lipinski definition) is 6. The molecular weight excluding hydrogens is 488 g/mol. The SMILES string of the molecule is N=c1c2[nH]c(cc2N)cc2ccc(cc3nc(cc4c(-c5ccccc5)c(N)c1n4N)C=C3)[nH]2.[Cu]. The van der Waals surface area contributed by atoms with Crippen molar-refractivity contribution in [3.05, 3.63) is 83.5 Å². The van der Waals surface area contributed by atoms with Crippen LogP contribution in [0.15, 0.2) is 66.7 Å². The van der Waals surface area contributed by atoms with Gasteiger partial charge in [0.15, 0.2) is 0 Å². The third kappa shape index (κ3) is 3.73. The maximum atomic E-state index is 8.97. The molecule has 0 saturated heterocycles. The van der Waals surface area contributed by atoms with Crippen molar-refractivity contribution in [2.24, 2.45) is 0 Å². The molecule has 0 fully saturated rings. The molecule has 5 aromatic rings. The number of hydrogen-bond acceptors (Lipinski definition) is 5. The van der Waals surface area contributed by atoms with E-state index in [0.29, 0.717) is 27.9 Å². The molecule has 35 heavy (non-hydrogen) atoms. The summed E-state index contributed by atoms with van der Waals surface area (Å²) in [5, 5.41) is 9.08. The molecule has 0 unspecified atom stereocenters. The molecule has 9 N–H and O–H groups in total. The maximum Gasteiger partial charge on any atom is 0.113 e. The van der Waals surface area contributed by atoms with E-state index in [-0.39, 0.29) is 22.4 Å². The summed E-state index contributed by atoms with van der Waals surface area (Å²) in [7, 11) is 0. The topological polar surface area (TPSA) is 151 Å². The van der Waals surface area contributed by atoms with Crippen LogP contribution in [-0.2, 0) is 17.1 Å². The third-order valence-electron chi connectivity index (χ3n) is 6.01. The second-order valence-corrected chi connectivity index (χ2v) is 8.29. The third-order valence-corrected chi connectivity index (χ3v) is 6.01. The Hall–Kier alpha value is -4.46. The number of H-pyrrole nitrogens is 2. The number of nitrogens with one attached hydrogen (secondary N) is 3. The molecule has 0 atom stereocenters. The van der Waals surface area contributed by atoms with Gasteiger partial charge in [0.25, 0.3) is 0 Å². The van der Waals surface area contributed by atoms with E-state index in [1.165, 1.54) is 4.68 Å². The van der Waals surface area contributed by atoms with Crippen molar-refractivity contribution in [3.63, 3.8) is 0 Å². The molecule has 6 rings (SSSR count). The Labute approximate surface area is 210 Å². The summed E-state index contributed by atoms with van der Waals surface area (Å²) in [5.74, 6) is 6.59. The maximum absolute atomic E-state index is 8.97. The first-order valence-electron chi connectivity index (χ1n) is 10.8. The monoisotopic (exact) mass is 509 g/mol. The summed E-state index contributed by atoms with van der Waals surface area (Å²) in [6.07, 6.45) is 3.88. The van der Waals surface area contributed by atoms with Crippen molar-refractivity contribution in [1.82, 2.24) is 19.6 Å². The Morgan fingerprint density at radius 1 is 0.800 bits per heavy atom. The largest absolute Gasteiger partial charge is 0.397 e. The quantitative estimate of drug-likeness (QED) is 0.145. The van der Waals surface area contributed by atoms with Gasteiger partial charge in [-0.25, -0.2) is 4.98 Å². The fourth-order valence-electron chi connectivity index (χ4n) is 4.45. The van der Waals surface area contributed by atoms with Crippen molar-refractivity contribution in [3.8, 4) is 11.1 Å². The standard InChI is InChI=1S/C26H22N8.Cu/c27-20-12-19-11-17-7-6-15(31-17)10-16-8-9-18(32-16)13-21-22(14-4-2-1-3-5-14)23(28)26(34(21)30)24(29)25(20)33-19;/h1-13,29,31,33H,27-28,30H2;. The Morgan fingerprint density at radius 3 is 2.23 bits per heavy atom. The Bertz CT molecular complexity index is 1810. The minimum Gasteiger partial charge on any atom is -0.397 e. The van der Waals surface area contributed by atoms with Crippen LogP contribution in [0.1, 0.15) is 11.4 Å². The molecule has 1 aliphatic heterocycles. The molecule has 8 bridgehead atoms. The first kappa shape index (κ1) is 22.3. The molecule has 1 aromatic carbocycles. The van der Waals surface area contributed by atoms with E-state index in [9.17, 15) is 0 Å². The van der Waals surface area contributed by atoms with Crippen LogP contribution in [0.3, 0.4) is 0 Å². The molecule has 9 heteroatoms. The van der Waals surface area contributed by atoms with E-state index in [2.05, 4.69) is 9.97 Å². The van der Waals surface area contributed by atoms with Crippen LogP contribution in [-0.4, -0.2) is 19.6 Å². The molecule has 8 nitrogen and oxygen atoms in total. The molecule has 0 aliphatic carbocycles. The summed E-state index contributed by atoms with van der Waals surface area (Å²) in [6.45, 7) is 0. The van der Waals surface area contributed by atoms with Gasteiger partial charge in [0.2, 0.25) is 0 Å². The van der Waals surface area contributed by atoms with Crippen LogP contribution >= 0.6 is 0 Å². The normalized spacial score (nSPS) is 11.5. The fraction of sp³-hybridized carbons (Fsp3) is 0. The predicted octanol–water partition coefficient (Wildman–Crippen LogP) is 4.19. The molecule has 0 saturated carbocycles. The van der Waals surface area contributed by atoms with Gasteiger partial charge in [0.1, 0.15) is 10.9 Å². The summed E-state index contributed by atoms with van der Waals surface area (Å²) >= 11 is 0. The number of rotatable bonds is 1. The first-order valence-corrected chi connectivity index (χ1v) is 10.8. The number of nitrogens with two attached hydrogens (primary N) is 3. The Morgan fingerprint density at radius 2 is 1.49 bits per heavy atom. The van der Waals surface area contributed by atoms with Crippen LogP contribution in [0, 0.1) is 5.41 Å². The van der Waals surface area contributed by atoms with E-state index in [4.69, 9.17) is 27.7 Å². The fourth-order valence-corrected chi connectivity index (χ4v) is 4.45. The molecule has 0 spiro atoms. The second-order valence-electron chi connectivity index (χ2n) is 8.29. The number of anilines is 2. The molecule has 177 valence electrons. The summed E-state index contributed by atoms with van der Waals surface area (Å²) in [5.41, 5.74) is 21.0. The van der Waals surface area contributed by atoms with Gasteiger partial charge in [-0.15, -0.1) is 0 Å². The van der Waals surface area contributed by atoms with Crippen molar-refractivity contribution < 1.29 is 17.1 Å². The van der Waals surface area contributed by atoms with Crippen LogP contribution < -0.4 is 22.7 Å². The number of aromatic amines is 2. The van der Waals surface area contributed by atoms with Crippen molar-refractivity contribution in [1.29, 1.82) is 5.41 Å². The van der Waals surface area contributed by atoms with Crippen molar-refractivity contribution in [2.45, 2.75) is 0 Å². The molecule has 0 amide bonds. The summed E-state index contributed by atoms with van der Waals surface area (Å²) in [6, 6.07) is 21.3. The van der Waals surface area contributed by atoms with Crippen LogP contribution in [0.5, 0.6) is 0 Å². The zero-order valence-corrected chi connectivity index (χ0v) is 19.4. The van der Waals surface area contributed by atoms with E-state index in [0.717, 1.165) is 39.1 Å². The first-order chi connectivity index (χ1) is 16.5. The number of fused-ring (bicyclic) bond motifs is 8. The van der Waals surface area contributed by atoms with Crippen LogP contribution in [0.4, 0.5) is 11.4 Å². The minimum atomic E-state index is 0. The van der Waals surface area contributed by atoms with Crippen LogP contribution in [0.2, 0.25) is 0 Å². The minimum absolute atomic E-state index is 0. The zero-order chi connectivity index (χ0) is 23.4.